The van der Waals surface area contributed by atoms with Crippen molar-refractivity contribution in [3.05, 3.63) is 35.9 Å². The van der Waals surface area contributed by atoms with Crippen LogP contribution in [0, 0.1) is 0 Å². The summed E-state index contributed by atoms with van der Waals surface area (Å²) in [5.74, 6) is 0. The Morgan fingerprint density at radius 1 is 1.19 bits per heavy atom. The van der Waals surface area contributed by atoms with Crippen LogP contribution in [0.4, 0.5) is 0 Å². The molecule has 0 aliphatic carbocycles. The fourth-order valence-corrected chi connectivity index (χ4v) is 2.59. The maximum Gasteiger partial charge on any atom is 0.241 e. The summed E-state index contributed by atoms with van der Waals surface area (Å²) < 4.78 is 7.77. The number of nitrogens with zero attached hydrogens (tertiary/aromatic N) is 1. The molecule has 1 saturated heterocycles. The molecule has 0 aromatic heterocycles. The summed E-state index contributed by atoms with van der Waals surface area (Å²) in [7, 11) is 0. The van der Waals surface area contributed by atoms with Crippen LogP contribution in [-0.2, 0) is 4.74 Å². The third-order valence-electron chi connectivity index (χ3n) is 2.51. The molecule has 2 rings (SSSR count). The zero-order chi connectivity index (χ0) is 10.5. The van der Waals surface area contributed by atoms with Gasteiger partial charge in [-0.05, 0) is 18.4 Å². The van der Waals surface area contributed by atoms with Gasteiger partial charge in [0.25, 0.3) is 0 Å². The molecular formula is C12H16INOS. The number of rotatable bonds is 1. The predicted octanol–water partition coefficient (Wildman–Crippen LogP) is -1.16. The van der Waals surface area contributed by atoms with Crippen LogP contribution in [-0.4, -0.2) is 42.2 Å². The molecule has 0 spiro atoms. The Hall–Kier alpha value is -0.0700. The van der Waals surface area contributed by atoms with Gasteiger partial charge in [0, 0.05) is 0 Å². The van der Waals surface area contributed by atoms with E-state index in [0.29, 0.717) is 0 Å². The molecule has 1 aliphatic heterocycles. The number of ether oxygens (including phenoxy) is 1. The van der Waals surface area contributed by atoms with E-state index in [4.69, 9.17) is 4.74 Å². The molecule has 88 valence electrons. The van der Waals surface area contributed by atoms with Crippen molar-refractivity contribution in [1.29, 1.82) is 0 Å². The maximum atomic E-state index is 5.37. The lowest BCUT2D eigenvalue weighted by molar-refractivity contribution is -0.546. The predicted molar refractivity (Wildman–Crippen MR) is 64.9 cm³/mol. The number of hydrogen-bond acceptors (Lipinski definition) is 2. The van der Waals surface area contributed by atoms with Crippen LogP contribution in [0.15, 0.2) is 30.3 Å². The summed E-state index contributed by atoms with van der Waals surface area (Å²) in [5.41, 5.74) is 1.31. The van der Waals surface area contributed by atoms with Crippen LogP contribution >= 0.6 is 11.8 Å². The van der Waals surface area contributed by atoms with E-state index < -0.39 is 0 Å². The fourth-order valence-electron chi connectivity index (χ4n) is 1.78. The molecule has 4 heteroatoms. The normalized spacial score (nSPS) is 15.4. The van der Waals surface area contributed by atoms with Crippen molar-refractivity contribution in [1.82, 2.24) is 0 Å². The molecular weight excluding hydrogens is 333 g/mol. The molecule has 0 N–H and O–H groups in total. The van der Waals surface area contributed by atoms with Crippen molar-refractivity contribution in [3.63, 3.8) is 0 Å². The third-order valence-corrected chi connectivity index (χ3v) is 3.39. The SMILES string of the molecule is CSC(c1ccccc1)=[N+]1CCOCC1.[I-]. The number of hydrogen-bond donors (Lipinski definition) is 0. The van der Waals surface area contributed by atoms with Crippen LogP contribution in [0.5, 0.6) is 0 Å². The average Bonchev–Trinajstić information content (AvgIpc) is 2.33. The van der Waals surface area contributed by atoms with Gasteiger partial charge in [0.1, 0.15) is 13.2 Å². The summed E-state index contributed by atoms with van der Waals surface area (Å²) >= 11 is 1.82. The Bertz CT molecular complexity index is 345. The van der Waals surface area contributed by atoms with Crippen LogP contribution < -0.4 is 24.0 Å². The first kappa shape index (κ1) is 14.0. The van der Waals surface area contributed by atoms with Gasteiger partial charge in [0.2, 0.25) is 5.04 Å². The third kappa shape index (κ3) is 3.46. The summed E-state index contributed by atoms with van der Waals surface area (Å²) in [5, 5.41) is 1.36. The van der Waals surface area contributed by atoms with Gasteiger partial charge in [-0.1, -0.05) is 30.0 Å². The van der Waals surface area contributed by atoms with E-state index in [2.05, 4.69) is 41.2 Å². The van der Waals surface area contributed by atoms with E-state index in [1.54, 1.807) is 0 Å². The van der Waals surface area contributed by atoms with Gasteiger partial charge in [0.05, 0.1) is 5.56 Å². The topological polar surface area (TPSA) is 12.2 Å². The zero-order valence-electron chi connectivity index (χ0n) is 9.36. The van der Waals surface area contributed by atoms with Gasteiger partial charge in [0.15, 0.2) is 13.1 Å². The van der Waals surface area contributed by atoms with Crippen LogP contribution in [0.3, 0.4) is 0 Å². The number of morpholine rings is 1. The van der Waals surface area contributed by atoms with Crippen molar-refractivity contribution < 1.29 is 33.3 Å². The molecule has 0 bridgehead atoms. The average molecular weight is 349 g/mol. The number of benzene rings is 1. The van der Waals surface area contributed by atoms with Crippen LogP contribution in [0.1, 0.15) is 5.56 Å². The van der Waals surface area contributed by atoms with Gasteiger partial charge in [-0.3, -0.25) is 0 Å². The van der Waals surface area contributed by atoms with E-state index in [1.807, 2.05) is 11.8 Å². The molecule has 1 aromatic carbocycles. The van der Waals surface area contributed by atoms with Gasteiger partial charge in [-0.25, -0.2) is 4.58 Å². The summed E-state index contributed by atoms with van der Waals surface area (Å²) in [6, 6.07) is 10.6. The summed E-state index contributed by atoms with van der Waals surface area (Å²) in [6.45, 7) is 3.70. The quantitative estimate of drug-likeness (QED) is 0.360. The molecule has 0 radical (unpaired) electrons. The molecule has 0 amide bonds. The monoisotopic (exact) mass is 349 g/mol. The fraction of sp³-hybridized carbons (Fsp3) is 0.417. The van der Waals surface area contributed by atoms with E-state index in [-0.39, 0.29) is 24.0 Å². The van der Waals surface area contributed by atoms with Gasteiger partial charge >= 0.3 is 0 Å². The van der Waals surface area contributed by atoms with Crippen molar-refractivity contribution in [2.24, 2.45) is 0 Å². The molecule has 1 fully saturated rings. The number of thioether (sulfide) groups is 1. The van der Waals surface area contributed by atoms with Gasteiger partial charge < -0.3 is 28.7 Å². The highest BCUT2D eigenvalue weighted by atomic mass is 127. The van der Waals surface area contributed by atoms with E-state index >= 15 is 0 Å². The lowest BCUT2D eigenvalue weighted by Gasteiger charge is -2.13. The van der Waals surface area contributed by atoms with E-state index in [0.717, 1.165) is 26.3 Å². The maximum absolute atomic E-state index is 5.37. The highest BCUT2D eigenvalue weighted by molar-refractivity contribution is 8.13. The summed E-state index contributed by atoms with van der Waals surface area (Å²) in [6.07, 6.45) is 2.14. The second-order valence-corrected chi connectivity index (χ2v) is 4.27. The lowest BCUT2D eigenvalue weighted by Crippen LogP contribution is -3.00. The highest BCUT2D eigenvalue weighted by Gasteiger charge is 2.18. The van der Waals surface area contributed by atoms with Crippen molar-refractivity contribution >= 4 is 16.8 Å². The Morgan fingerprint density at radius 2 is 1.81 bits per heavy atom. The minimum atomic E-state index is 0. The minimum absolute atomic E-state index is 0. The Labute approximate surface area is 118 Å². The molecule has 0 atom stereocenters. The molecule has 0 unspecified atom stereocenters. The Morgan fingerprint density at radius 3 is 2.38 bits per heavy atom. The van der Waals surface area contributed by atoms with Crippen molar-refractivity contribution in [3.8, 4) is 0 Å². The van der Waals surface area contributed by atoms with Crippen molar-refractivity contribution in [2.45, 2.75) is 0 Å². The minimum Gasteiger partial charge on any atom is -1.00 e. The van der Waals surface area contributed by atoms with E-state index in [9.17, 15) is 0 Å². The highest BCUT2D eigenvalue weighted by Crippen LogP contribution is 2.11. The lowest BCUT2D eigenvalue weighted by atomic mass is 10.2. The smallest absolute Gasteiger partial charge is 0.241 e. The number of halogens is 1. The standard InChI is InChI=1S/C12H16NOS.HI/c1-15-12(11-5-3-2-4-6-11)13-7-9-14-10-8-13;/h2-6H,7-10H2,1H3;1H/q+1;/p-1. The summed E-state index contributed by atoms with van der Waals surface area (Å²) in [4.78, 5) is 0. The Balaban J connectivity index is 0.00000128. The van der Waals surface area contributed by atoms with Crippen LogP contribution in [0.25, 0.3) is 0 Å². The molecule has 16 heavy (non-hydrogen) atoms. The first-order chi connectivity index (χ1) is 7.42. The van der Waals surface area contributed by atoms with Crippen LogP contribution in [0.2, 0.25) is 0 Å². The molecule has 1 aliphatic rings. The second-order valence-electron chi connectivity index (χ2n) is 3.47. The second kappa shape index (κ2) is 7.29. The zero-order valence-corrected chi connectivity index (χ0v) is 12.3. The largest absolute Gasteiger partial charge is 1.00 e. The molecule has 1 heterocycles. The Kier molecular flexibility index (Phi) is 6.38. The first-order valence-corrected chi connectivity index (χ1v) is 6.43. The molecule has 0 saturated carbocycles. The first-order valence-electron chi connectivity index (χ1n) is 5.21. The molecule has 1 aromatic rings. The van der Waals surface area contributed by atoms with E-state index in [1.165, 1.54) is 10.6 Å². The van der Waals surface area contributed by atoms with Gasteiger partial charge in [-0.2, -0.15) is 0 Å². The molecule has 2 nitrogen and oxygen atoms in total. The van der Waals surface area contributed by atoms with Crippen molar-refractivity contribution in [2.75, 3.05) is 32.6 Å². The van der Waals surface area contributed by atoms with Gasteiger partial charge in [-0.15, -0.1) is 0 Å².